The van der Waals surface area contributed by atoms with E-state index in [0.29, 0.717) is 19.0 Å². The van der Waals surface area contributed by atoms with Crippen molar-refractivity contribution in [1.82, 2.24) is 20.0 Å². The molecule has 2 aliphatic heterocycles. The Morgan fingerprint density at radius 1 is 1.35 bits per heavy atom. The fourth-order valence-electron chi connectivity index (χ4n) is 2.91. The number of H-pyrrole nitrogens is 1. The molecule has 20 heavy (non-hydrogen) atoms. The summed E-state index contributed by atoms with van der Waals surface area (Å²) in [7, 11) is 0. The van der Waals surface area contributed by atoms with Crippen molar-refractivity contribution in [2.24, 2.45) is 5.92 Å². The molecule has 2 saturated heterocycles. The van der Waals surface area contributed by atoms with Crippen molar-refractivity contribution < 1.29 is 9.59 Å². The molecule has 2 fully saturated rings. The minimum Gasteiger partial charge on any atom is -0.342 e. The molecule has 1 N–H and O–H groups in total. The van der Waals surface area contributed by atoms with Crippen LogP contribution in [0, 0.1) is 5.92 Å². The molecule has 0 bridgehead atoms. The zero-order valence-corrected chi connectivity index (χ0v) is 11.3. The van der Waals surface area contributed by atoms with Gasteiger partial charge in [-0.3, -0.25) is 14.7 Å². The van der Waals surface area contributed by atoms with E-state index >= 15 is 0 Å². The molecule has 3 rings (SSSR count). The molecule has 0 aromatic carbocycles. The van der Waals surface area contributed by atoms with Gasteiger partial charge < -0.3 is 9.80 Å². The number of rotatable bonds is 3. The van der Waals surface area contributed by atoms with Gasteiger partial charge in [-0.05, 0) is 18.6 Å². The lowest BCUT2D eigenvalue weighted by Gasteiger charge is -2.39. The van der Waals surface area contributed by atoms with Crippen LogP contribution >= 0.6 is 0 Å². The van der Waals surface area contributed by atoms with Crippen LogP contribution < -0.4 is 0 Å². The Morgan fingerprint density at radius 2 is 2.15 bits per heavy atom. The van der Waals surface area contributed by atoms with E-state index < -0.39 is 0 Å². The average molecular weight is 274 g/mol. The van der Waals surface area contributed by atoms with Crippen LogP contribution in [-0.4, -0.2) is 58.0 Å². The summed E-state index contributed by atoms with van der Waals surface area (Å²) in [6.07, 6.45) is 4.01. The number of aromatic nitrogens is 2. The highest BCUT2D eigenvalue weighted by atomic mass is 16.2. The van der Waals surface area contributed by atoms with Gasteiger partial charge in [0.25, 0.3) is 0 Å². The minimum atomic E-state index is -0.0918. The van der Waals surface area contributed by atoms with Gasteiger partial charge in [0.15, 0.2) is 0 Å². The van der Waals surface area contributed by atoms with Gasteiger partial charge in [-0.2, -0.15) is 5.10 Å². The summed E-state index contributed by atoms with van der Waals surface area (Å²) < 4.78 is 0. The van der Waals surface area contributed by atoms with Crippen LogP contribution in [0.25, 0.3) is 0 Å². The maximum atomic E-state index is 12.3. The highest BCUT2D eigenvalue weighted by molar-refractivity contribution is 5.90. The first kappa shape index (κ1) is 12.9. The molecule has 6 heteroatoms. The fourth-order valence-corrected chi connectivity index (χ4v) is 2.91. The number of amides is 2. The van der Waals surface area contributed by atoms with Gasteiger partial charge in [0, 0.05) is 44.0 Å². The van der Waals surface area contributed by atoms with Gasteiger partial charge >= 0.3 is 0 Å². The monoisotopic (exact) mass is 274 g/mol. The lowest BCUT2D eigenvalue weighted by Crippen LogP contribution is -2.55. The zero-order chi connectivity index (χ0) is 14.1. The Labute approximate surface area is 117 Å². The molecule has 2 amide bonds. The van der Waals surface area contributed by atoms with E-state index in [0.717, 1.165) is 25.2 Å². The van der Waals surface area contributed by atoms with E-state index in [2.05, 4.69) is 16.8 Å². The summed E-state index contributed by atoms with van der Waals surface area (Å²) in [5.74, 6) is 0.387. The third kappa shape index (κ3) is 2.21. The second-order valence-corrected chi connectivity index (χ2v) is 5.43. The summed E-state index contributed by atoms with van der Waals surface area (Å²) in [4.78, 5) is 27.3. The lowest BCUT2D eigenvalue weighted by atomic mass is 9.98. The van der Waals surface area contributed by atoms with Gasteiger partial charge in [-0.1, -0.05) is 6.58 Å². The molecule has 0 spiro atoms. The Bertz CT molecular complexity index is 519. The van der Waals surface area contributed by atoms with Crippen LogP contribution in [0.5, 0.6) is 0 Å². The molecule has 3 heterocycles. The van der Waals surface area contributed by atoms with Crippen LogP contribution in [-0.2, 0) is 9.59 Å². The first-order valence-electron chi connectivity index (χ1n) is 6.88. The van der Waals surface area contributed by atoms with Crippen molar-refractivity contribution in [3.63, 3.8) is 0 Å². The van der Waals surface area contributed by atoms with Gasteiger partial charge in [0.05, 0.1) is 5.92 Å². The summed E-state index contributed by atoms with van der Waals surface area (Å²) in [6, 6.07) is 1.96. The predicted octanol–water partition coefficient (Wildman–Crippen LogP) is 0.370. The molecule has 1 atom stereocenters. The van der Waals surface area contributed by atoms with E-state index in [4.69, 9.17) is 0 Å². The van der Waals surface area contributed by atoms with E-state index in [9.17, 15) is 9.59 Å². The first-order valence-corrected chi connectivity index (χ1v) is 6.88. The third-order valence-electron chi connectivity index (χ3n) is 4.18. The van der Waals surface area contributed by atoms with Gasteiger partial charge in [0.2, 0.25) is 11.8 Å². The molecule has 0 radical (unpaired) electrons. The molecule has 2 aliphatic rings. The van der Waals surface area contributed by atoms with Crippen LogP contribution in [0.4, 0.5) is 0 Å². The molecule has 106 valence electrons. The molecule has 1 aromatic rings. The molecule has 0 aliphatic carbocycles. The van der Waals surface area contributed by atoms with Gasteiger partial charge in [0.1, 0.15) is 0 Å². The minimum absolute atomic E-state index is 0.0422. The van der Waals surface area contributed by atoms with Crippen molar-refractivity contribution in [1.29, 1.82) is 0 Å². The smallest absolute Gasteiger partial charge is 0.246 e. The fraction of sp³-hybridized carbons (Fsp3) is 0.500. The van der Waals surface area contributed by atoms with Crippen LogP contribution in [0.1, 0.15) is 18.0 Å². The number of nitrogens with zero attached hydrogens (tertiary/aromatic N) is 3. The second-order valence-electron chi connectivity index (χ2n) is 5.43. The van der Waals surface area contributed by atoms with Crippen LogP contribution in [0.3, 0.4) is 0 Å². The lowest BCUT2D eigenvalue weighted by molar-refractivity contribution is -0.145. The number of likely N-dealkylation sites (tertiary alicyclic amines) is 2. The molecular formula is C14H18N4O2. The standard InChI is InChI=1S/C14H18N4O2/c1-2-13(19)18-8-11(9-18)14(20)17-6-4-10(7-17)12-3-5-15-16-12/h2-3,5,10-11H,1,4,6-9H2,(H,15,16). The highest BCUT2D eigenvalue weighted by Crippen LogP contribution is 2.28. The molecular weight excluding hydrogens is 256 g/mol. The predicted molar refractivity (Wildman–Crippen MR) is 72.8 cm³/mol. The SMILES string of the molecule is C=CC(=O)N1CC(C(=O)N2CCC(c3ccn[nH]3)C2)C1. The quantitative estimate of drug-likeness (QED) is 0.810. The summed E-state index contributed by atoms with van der Waals surface area (Å²) >= 11 is 0. The number of carbonyl (C=O) groups excluding carboxylic acids is 2. The number of carbonyl (C=O) groups is 2. The maximum absolute atomic E-state index is 12.3. The van der Waals surface area contributed by atoms with E-state index in [-0.39, 0.29) is 17.7 Å². The number of nitrogens with one attached hydrogen (secondary N) is 1. The second kappa shape index (κ2) is 5.11. The van der Waals surface area contributed by atoms with E-state index in [1.165, 1.54) is 6.08 Å². The normalized spacial score (nSPS) is 22.7. The first-order chi connectivity index (χ1) is 9.69. The van der Waals surface area contributed by atoms with E-state index in [1.54, 1.807) is 11.1 Å². The van der Waals surface area contributed by atoms with Crippen LogP contribution in [0.2, 0.25) is 0 Å². The van der Waals surface area contributed by atoms with Gasteiger partial charge in [-0.25, -0.2) is 0 Å². The Balaban J connectivity index is 1.53. The number of hydrogen-bond acceptors (Lipinski definition) is 3. The van der Waals surface area contributed by atoms with Gasteiger partial charge in [-0.15, -0.1) is 0 Å². The Morgan fingerprint density at radius 3 is 2.80 bits per heavy atom. The van der Waals surface area contributed by atoms with Crippen molar-refractivity contribution in [3.8, 4) is 0 Å². The highest BCUT2D eigenvalue weighted by Gasteiger charge is 2.39. The summed E-state index contributed by atoms with van der Waals surface area (Å²) in [5, 5.41) is 6.93. The average Bonchev–Trinajstić information content (AvgIpc) is 3.06. The third-order valence-corrected chi connectivity index (χ3v) is 4.18. The largest absolute Gasteiger partial charge is 0.342 e. The van der Waals surface area contributed by atoms with Crippen molar-refractivity contribution in [2.75, 3.05) is 26.2 Å². The molecule has 0 saturated carbocycles. The Hall–Kier alpha value is -2.11. The molecule has 1 unspecified atom stereocenters. The Kier molecular flexibility index (Phi) is 3.30. The number of hydrogen-bond donors (Lipinski definition) is 1. The molecule has 6 nitrogen and oxygen atoms in total. The maximum Gasteiger partial charge on any atom is 0.246 e. The molecule has 1 aromatic heterocycles. The summed E-state index contributed by atoms with van der Waals surface area (Å²) in [6.45, 7) is 6.03. The topological polar surface area (TPSA) is 69.3 Å². The van der Waals surface area contributed by atoms with Crippen LogP contribution in [0.15, 0.2) is 24.9 Å². The number of aromatic amines is 1. The summed E-state index contributed by atoms with van der Waals surface area (Å²) in [5.41, 5.74) is 1.09. The van der Waals surface area contributed by atoms with Crippen molar-refractivity contribution in [2.45, 2.75) is 12.3 Å². The van der Waals surface area contributed by atoms with Crippen molar-refractivity contribution >= 4 is 11.8 Å². The van der Waals surface area contributed by atoms with E-state index in [1.807, 2.05) is 11.0 Å². The van der Waals surface area contributed by atoms with Crippen molar-refractivity contribution in [3.05, 3.63) is 30.6 Å². The zero-order valence-electron chi connectivity index (χ0n) is 11.3.